The summed E-state index contributed by atoms with van der Waals surface area (Å²) >= 11 is 0. The highest BCUT2D eigenvalue weighted by Crippen LogP contribution is 2.14. The van der Waals surface area contributed by atoms with Crippen LogP contribution in [0.15, 0.2) is 4.99 Å². The smallest absolute Gasteiger partial charge is 0.191 e. The predicted octanol–water partition coefficient (Wildman–Crippen LogP) is 1.76. The summed E-state index contributed by atoms with van der Waals surface area (Å²) in [6.07, 6.45) is 3.23. The van der Waals surface area contributed by atoms with Crippen molar-refractivity contribution in [3.8, 4) is 0 Å². The Hall–Kier alpha value is -0.850. The van der Waals surface area contributed by atoms with Gasteiger partial charge in [-0.25, -0.2) is 0 Å². The van der Waals surface area contributed by atoms with Crippen molar-refractivity contribution in [3.63, 3.8) is 0 Å². The van der Waals surface area contributed by atoms with Crippen molar-refractivity contribution in [3.05, 3.63) is 0 Å². The van der Waals surface area contributed by atoms with Crippen molar-refractivity contribution in [1.29, 1.82) is 0 Å². The van der Waals surface area contributed by atoms with Crippen LogP contribution in [0.3, 0.4) is 0 Å². The molecule has 1 fully saturated rings. The van der Waals surface area contributed by atoms with Crippen LogP contribution >= 0.6 is 0 Å². The summed E-state index contributed by atoms with van der Waals surface area (Å²) in [6.45, 7) is 15.5. The Kier molecular flexibility index (Phi) is 11.0. The third kappa shape index (κ3) is 11.6. The van der Waals surface area contributed by atoms with E-state index in [0.29, 0.717) is 5.92 Å². The van der Waals surface area contributed by atoms with Gasteiger partial charge < -0.3 is 25.4 Å². The van der Waals surface area contributed by atoms with E-state index in [9.17, 15) is 0 Å². The molecule has 0 bridgehead atoms. The number of nitrogens with zero attached hydrogens (tertiary/aromatic N) is 1. The lowest BCUT2D eigenvalue weighted by atomic mass is 10.0. The molecule has 0 aromatic rings. The first kappa shape index (κ1) is 21.2. The number of hydrogen-bond donors (Lipinski definition) is 3. The predicted molar refractivity (Wildman–Crippen MR) is 101 cm³/mol. The molecule has 0 atom stereocenters. The number of rotatable bonds is 10. The lowest BCUT2D eigenvalue weighted by Gasteiger charge is -2.21. The Labute approximate surface area is 148 Å². The monoisotopic (exact) mass is 342 g/mol. The summed E-state index contributed by atoms with van der Waals surface area (Å²) in [5.74, 6) is 1.56. The van der Waals surface area contributed by atoms with E-state index in [1.54, 1.807) is 0 Å². The number of guanidine groups is 1. The van der Waals surface area contributed by atoms with E-state index >= 15 is 0 Å². The average molecular weight is 343 g/mol. The Morgan fingerprint density at radius 3 is 2.58 bits per heavy atom. The summed E-state index contributed by atoms with van der Waals surface area (Å²) in [6, 6.07) is 0. The zero-order valence-electron chi connectivity index (χ0n) is 16.1. The van der Waals surface area contributed by atoms with Gasteiger partial charge in [0.05, 0.1) is 0 Å². The van der Waals surface area contributed by atoms with Gasteiger partial charge in [0.1, 0.15) is 0 Å². The van der Waals surface area contributed by atoms with Crippen LogP contribution in [0.1, 0.15) is 47.0 Å². The Bertz CT molecular complexity index is 336. The van der Waals surface area contributed by atoms with E-state index in [1.165, 1.54) is 0 Å². The van der Waals surface area contributed by atoms with Crippen LogP contribution < -0.4 is 16.0 Å². The molecule has 1 saturated heterocycles. The van der Waals surface area contributed by atoms with Crippen LogP contribution in [0.25, 0.3) is 0 Å². The normalized spacial score (nSPS) is 17.1. The molecular formula is C18H38N4O2. The van der Waals surface area contributed by atoms with Gasteiger partial charge in [-0.05, 0) is 52.9 Å². The molecule has 24 heavy (non-hydrogen) atoms. The van der Waals surface area contributed by atoms with Gasteiger partial charge in [-0.2, -0.15) is 0 Å². The number of hydrogen-bond acceptors (Lipinski definition) is 4. The summed E-state index contributed by atoms with van der Waals surface area (Å²) in [5.41, 5.74) is 0.152. The molecule has 0 aromatic heterocycles. The third-order valence-electron chi connectivity index (χ3n) is 3.83. The van der Waals surface area contributed by atoms with Crippen molar-refractivity contribution in [2.45, 2.75) is 52.5 Å². The fourth-order valence-electron chi connectivity index (χ4n) is 2.48. The van der Waals surface area contributed by atoms with Crippen LogP contribution in [0.4, 0.5) is 0 Å². The Balaban J connectivity index is 2.08. The van der Waals surface area contributed by atoms with E-state index in [0.717, 1.165) is 77.8 Å². The van der Waals surface area contributed by atoms with Crippen molar-refractivity contribution in [2.24, 2.45) is 10.9 Å². The minimum absolute atomic E-state index is 0.152. The standard InChI is InChI=1S/C18H38N4O2/c1-5-19-17(21-10-11-22-18(2,3)4)20-9-6-12-24-15-16-7-13-23-14-8-16/h16,22H,5-15H2,1-4H3,(H2,19,20,21). The number of ether oxygens (including phenoxy) is 2. The van der Waals surface area contributed by atoms with Gasteiger partial charge in [-0.3, -0.25) is 4.99 Å². The molecule has 0 amide bonds. The summed E-state index contributed by atoms with van der Waals surface area (Å²) in [5, 5.41) is 10.1. The fraction of sp³-hybridized carbons (Fsp3) is 0.944. The average Bonchev–Trinajstić information content (AvgIpc) is 2.54. The molecule has 1 rings (SSSR count). The number of nitrogens with one attached hydrogen (secondary N) is 3. The van der Waals surface area contributed by atoms with E-state index in [4.69, 9.17) is 9.47 Å². The zero-order chi connectivity index (χ0) is 17.7. The van der Waals surface area contributed by atoms with Crippen LogP contribution in [0, 0.1) is 5.92 Å². The summed E-state index contributed by atoms with van der Waals surface area (Å²) in [7, 11) is 0. The first-order valence-corrected chi connectivity index (χ1v) is 9.44. The van der Waals surface area contributed by atoms with E-state index in [1.807, 2.05) is 0 Å². The van der Waals surface area contributed by atoms with E-state index in [2.05, 4.69) is 48.6 Å². The second kappa shape index (κ2) is 12.5. The van der Waals surface area contributed by atoms with Crippen LogP contribution in [0.5, 0.6) is 0 Å². The lowest BCUT2D eigenvalue weighted by Crippen LogP contribution is -2.44. The zero-order valence-corrected chi connectivity index (χ0v) is 16.1. The molecule has 1 aliphatic rings. The maximum Gasteiger partial charge on any atom is 0.191 e. The maximum atomic E-state index is 5.78. The van der Waals surface area contributed by atoms with E-state index < -0.39 is 0 Å². The molecule has 3 N–H and O–H groups in total. The van der Waals surface area contributed by atoms with Crippen LogP contribution in [0.2, 0.25) is 0 Å². The largest absolute Gasteiger partial charge is 0.381 e. The van der Waals surface area contributed by atoms with Crippen molar-refractivity contribution >= 4 is 5.96 Å². The Morgan fingerprint density at radius 1 is 1.17 bits per heavy atom. The molecule has 6 nitrogen and oxygen atoms in total. The molecular weight excluding hydrogens is 304 g/mol. The molecule has 0 aromatic carbocycles. The molecule has 1 heterocycles. The quantitative estimate of drug-likeness (QED) is 0.321. The molecule has 1 aliphatic heterocycles. The highest BCUT2D eigenvalue weighted by molar-refractivity contribution is 5.79. The maximum absolute atomic E-state index is 5.78. The van der Waals surface area contributed by atoms with Gasteiger partial charge in [0, 0.05) is 58.1 Å². The Morgan fingerprint density at radius 2 is 1.92 bits per heavy atom. The molecule has 142 valence electrons. The highest BCUT2D eigenvalue weighted by atomic mass is 16.5. The van der Waals surface area contributed by atoms with Gasteiger partial charge >= 0.3 is 0 Å². The van der Waals surface area contributed by atoms with Gasteiger partial charge in [-0.15, -0.1) is 0 Å². The molecule has 6 heteroatoms. The van der Waals surface area contributed by atoms with Gasteiger partial charge in [-0.1, -0.05) is 0 Å². The third-order valence-corrected chi connectivity index (χ3v) is 3.83. The van der Waals surface area contributed by atoms with Crippen molar-refractivity contribution in [2.75, 3.05) is 52.6 Å². The minimum Gasteiger partial charge on any atom is -0.381 e. The summed E-state index contributed by atoms with van der Waals surface area (Å²) in [4.78, 5) is 4.60. The van der Waals surface area contributed by atoms with Crippen LogP contribution in [-0.4, -0.2) is 64.1 Å². The van der Waals surface area contributed by atoms with Crippen molar-refractivity contribution in [1.82, 2.24) is 16.0 Å². The second-order valence-electron chi connectivity index (χ2n) is 7.35. The topological polar surface area (TPSA) is 66.9 Å². The molecule has 0 aliphatic carbocycles. The van der Waals surface area contributed by atoms with Crippen molar-refractivity contribution < 1.29 is 9.47 Å². The number of aliphatic imine (C=N–C) groups is 1. The molecule has 0 saturated carbocycles. The van der Waals surface area contributed by atoms with E-state index in [-0.39, 0.29) is 5.54 Å². The van der Waals surface area contributed by atoms with Gasteiger partial charge in [0.15, 0.2) is 5.96 Å². The van der Waals surface area contributed by atoms with Crippen LogP contribution in [-0.2, 0) is 9.47 Å². The van der Waals surface area contributed by atoms with Gasteiger partial charge in [0.2, 0.25) is 0 Å². The minimum atomic E-state index is 0.152. The molecule has 0 unspecified atom stereocenters. The SMILES string of the molecule is CCNC(=NCCCOCC1CCOCC1)NCCNC(C)(C)C. The lowest BCUT2D eigenvalue weighted by molar-refractivity contribution is 0.0205. The molecule has 0 radical (unpaired) electrons. The summed E-state index contributed by atoms with van der Waals surface area (Å²) < 4.78 is 11.1. The van der Waals surface area contributed by atoms with Gasteiger partial charge in [0.25, 0.3) is 0 Å². The first-order chi connectivity index (χ1) is 11.5. The fourth-order valence-corrected chi connectivity index (χ4v) is 2.48. The first-order valence-electron chi connectivity index (χ1n) is 9.44. The molecule has 0 spiro atoms. The highest BCUT2D eigenvalue weighted by Gasteiger charge is 2.13. The second-order valence-corrected chi connectivity index (χ2v) is 7.35.